The molecular weight excluding hydrogens is 242 g/mol. The Hall–Kier alpha value is -1.70. The lowest BCUT2D eigenvalue weighted by Crippen LogP contribution is -2.31. The molecule has 1 rings (SSSR count). The molecule has 104 valence electrons. The summed E-state index contributed by atoms with van der Waals surface area (Å²) in [5.41, 5.74) is 0.960. The lowest BCUT2D eigenvalue weighted by atomic mass is 10.1. The van der Waals surface area contributed by atoms with Crippen LogP contribution in [0.2, 0.25) is 0 Å². The van der Waals surface area contributed by atoms with Gasteiger partial charge in [-0.15, -0.1) is 6.42 Å². The molecule has 1 aromatic carbocycles. The monoisotopic (exact) mass is 263 g/mol. The summed E-state index contributed by atoms with van der Waals surface area (Å²) in [5, 5.41) is 12.4. The van der Waals surface area contributed by atoms with Crippen molar-refractivity contribution in [1.82, 2.24) is 5.32 Å². The predicted octanol–water partition coefficient (Wildman–Crippen LogP) is 1.57. The largest absolute Gasteiger partial charge is 0.493 e. The molecule has 0 saturated carbocycles. The van der Waals surface area contributed by atoms with Gasteiger partial charge in [0.05, 0.1) is 13.7 Å². The van der Waals surface area contributed by atoms with Crippen molar-refractivity contribution in [3.05, 3.63) is 23.8 Å². The first-order chi connectivity index (χ1) is 9.26. The number of rotatable bonds is 8. The summed E-state index contributed by atoms with van der Waals surface area (Å²) in [4.78, 5) is 0. The third kappa shape index (κ3) is 4.47. The highest BCUT2D eigenvalue weighted by Gasteiger charge is 2.11. The van der Waals surface area contributed by atoms with Crippen LogP contribution in [0.5, 0.6) is 11.5 Å². The van der Waals surface area contributed by atoms with E-state index in [4.69, 9.17) is 15.9 Å². The van der Waals surface area contributed by atoms with E-state index in [-0.39, 0.29) is 19.3 Å². The van der Waals surface area contributed by atoms with Crippen molar-refractivity contribution in [3.8, 4) is 23.8 Å². The van der Waals surface area contributed by atoms with Gasteiger partial charge in [-0.1, -0.05) is 25.0 Å². The Morgan fingerprint density at radius 2 is 2.26 bits per heavy atom. The molecule has 1 aromatic rings. The van der Waals surface area contributed by atoms with Crippen molar-refractivity contribution < 1.29 is 14.6 Å². The number of hydrogen-bond acceptors (Lipinski definition) is 4. The maximum Gasteiger partial charge on any atom is 0.167 e. The molecule has 1 atom stereocenters. The highest BCUT2D eigenvalue weighted by atomic mass is 16.5. The summed E-state index contributed by atoms with van der Waals surface area (Å²) in [7, 11) is 1.60. The van der Waals surface area contributed by atoms with Gasteiger partial charge >= 0.3 is 0 Å². The second-order valence-corrected chi connectivity index (χ2v) is 4.11. The first-order valence-electron chi connectivity index (χ1n) is 6.33. The van der Waals surface area contributed by atoms with Crippen molar-refractivity contribution in [2.24, 2.45) is 0 Å². The third-order valence-electron chi connectivity index (χ3n) is 2.87. The maximum absolute atomic E-state index is 9.17. The van der Waals surface area contributed by atoms with E-state index in [1.54, 1.807) is 7.11 Å². The standard InChI is InChI=1S/C15H21NO3/c1-4-9-19-15-12(7-6-8-14(15)18-3)10-16-13(5-2)11-17/h1,6-8,13,16-17H,5,9-11H2,2-3H3/t13-/m0/s1. The van der Waals surface area contributed by atoms with Crippen LogP contribution in [0.15, 0.2) is 18.2 Å². The van der Waals surface area contributed by atoms with Crippen LogP contribution in [-0.2, 0) is 6.54 Å². The van der Waals surface area contributed by atoms with Crippen LogP contribution in [-0.4, -0.2) is 31.5 Å². The minimum Gasteiger partial charge on any atom is -0.493 e. The molecule has 0 unspecified atom stereocenters. The molecule has 0 bridgehead atoms. The highest BCUT2D eigenvalue weighted by Crippen LogP contribution is 2.31. The molecule has 0 amide bonds. The van der Waals surface area contributed by atoms with Crippen molar-refractivity contribution >= 4 is 0 Å². The molecule has 0 heterocycles. The first-order valence-corrected chi connectivity index (χ1v) is 6.33. The van der Waals surface area contributed by atoms with Crippen molar-refractivity contribution in [2.45, 2.75) is 25.9 Å². The zero-order valence-corrected chi connectivity index (χ0v) is 11.5. The first kappa shape index (κ1) is 15.4. The molecule has 19 heavy (non-hydrogen) atoms. The van der Waals surface area contributed by atoms with Crippen LogP contribution >= 0.6 is 0 Å². The zero-order valence-electron chi connectivity index (χ0n) is 11.5. The van der Waals surface area contributed by atoms with Crippen molar-refractivity contribution in [3.63, 3.8) is 0 Å². The van der Waals surface area contributed by atoms with E-state index < -0.39 is 0 Å². The fourth-order valence-electron chi connectivity index (χ4n) is 1.73. The Morgan fingerprint density at radius 3 is 2.84 bits per heavy atom. The number of terminal acetylenes is 1. The van der Waals surface area contributed by atoms with Gasteiger partial charge in [-0.25, -0.2) is 0 Å². The summed E-state index contributed by atoms with van der Waals surface area (Å²) in [5.74, 6) is 3.76. The highest BCUT2D eigenvalue weighted by molar-refractivity contribution is 5.46. The summed E-state index contributed by atoms with van der Waals surface area (Å²) >= 11 is 0. The predicted molar refractivity (Wildman–Crippen MR) is 75.3 cm³/mol. The summed E-state index contributed by atoms with van der Waals surface area (Å²) < 4.78 is 10.8. The van der Waals surface area contributed by atoms with Gasteiger partial charge in [0, 0.05) is 18.2 Å². The van der Waals surface area contributed by atoms with E-state index in [2.05, 4.69) is 11.2 Å². The molecule has 2 N–H and O–H groups in total. The Labute approximate surface area is 114 Å². The summed E-state index contributed by atoms with van der Waals surface area (Å²) in [6, 6.07) is 5.76. The second kappa shape index (κ2) is 8.41. The Morgan fingerprint density at radius 1 is 1.47 bits per heavy atom. The second-order valence-electron chi connectivity index (χ2n) is 4.11. The fourth-order valence-corrected chi connectivity index (χ4v) is 1.73. The number of aliphatic hydroxyl groups is 1. The van der Waals surface area contributed by atoms with Crippen LogP contribution in [0.3, 0.4) is 0 Å². The summed E-state index contributed by atoms with van der Waals surface area (Å²) in [6.45, 7) is 2.93. The van der Waals surface area contributed by atoms with Gasteiger partial charge in [-0.3, -0.25) is 0 Å². The van der Waals surface area contributed by atoms with E-state index in [1.165, 1.54) is 0 Å². The minimum absolute atomic E-state index is 0.0756. The maximum atomic E-state index is 9.17. The number of hydrogen-bond donors (Lipinski definition) is 2. The number of para-hydroxylation sites is 1. The van der Waals surface area contributed by atoms with Gasteiger partial charge in [-0.05, 0) is 12.5 Å². The number of ether oxygens (including phenoxy) is 2. The van der Waals surface area contributed by atoms with Crippen LogP contribution in [0.25, 0.3) is 0 Å². The lowest BCUT2D eigenvalue weighted by molar-refractivity contribution is 0.237. The van der Waals surface area contributed by atoms with Crippen molar-refractivity contribution in [1.29, 1.82) is 0 Å². The molecule has 4 heteroatoms. The summed E-state index contributed by atoms with van der Waals surface area (Å²) in [6.07, 6.45) is 6.08. The average molecular weight is 263 g/mol. The van der Waals surface area contributed by atoms with E-state index in [9.17, 15) is 5.11 Å². The molecule has 0 aliphatic rings. The molecule has 0 aliphatic heterocycles. The molecule has 4 nitrogen and oxygen atoms in total. The van der Waals surface area contributed by atoms with E-state index in [0.717, 1.165) is 12.0 Å². The number of aliphatic hydroxyl groups excluding tert-OH is 1. The van der Waals surface area contributed by atoms with E-state index in [1.807, 2.05) is 25.1 Å². The van der Waals surface area contributed by atoms with Gasteiger partial charge in [0.1, 0.15) is 6.61 Å². The number of nitrogens with one attached hydrogen (secondary N) is 1. The molecule has 0 spiro atoms. The minimum atomic E-state index is 0.0756. The van der Waals surface area contributed by atoms with Gasteiger partial charge in [0.15, 0.2) is 11.5 Å². The van der Waals surface area contributed by atoms with Crippen LogP contribution in [0.1, 0.15) is 18.9 Å². The molecule has 0 aromatic heterocycles. The van der Waals surface area contributed by atoms with Gasteiger partial charge < -0.3 is 19.9 Å². The smallest absolute Gasteiger partial charge is 0.167 e. The SMILES string of the molecule is C#CCOc1c(CN[C@@H](CC)CO)cccc1OC. The van der Waals surface area contributed by atoms with E-state index >= 15 is 0 Å². The molecular formula is C15H21NO3. The number of benzene rings is 1. The average Bonchev–Trinajstić information content (AvgIpc) is 2.46. The van der Waals surface area contributed by atoms with Crippen molar-refractivity contribution in [2.75, 3.05) is 20.3 Å². The van der Waals surface area contributed by atoms with Crippen LogP contribution < -0.4 is 14.8 Å². The Bertz CT molecular complexity index is 422. The lowest BCUT2D eigenvalue weighted by Gasteiger charge is -2.17. The van der Waals surface area contributed by atoms with E-state index in [0.29, 0.717) is 18.0 Å². The van der Waals surface area contributed by atoms with Crippen LogP contribution in [0, 0.1) is 12.3 Å². The number of methoxy groups -OCH3 is 1. The van der Waals surface area contributed by atoms with Gasteiger partial charge in [-0.2, -0.15) is 0 Å². The van der Waals surface area contributed by atoms with Gasteiger partial charge in [0.25, 0.3) is 0 Å². The van der Waals surface area contributed by atoms with Crippen LogP contribution in [0.4, 0.5) is 0 Å². The molecule has 0 fully saturated rings. The quantitative estimate of drug-likeness (QED) is 0.699. The normalized spacial score (nSPS) is 11.7. The Kier molecular flexibility index (Phi) is 6.80. The third-order valence-corrected chi connectivity index (χ3v) is 2.87. The fraction of sp³-hybridized carbons (Fsp3) is 0.467. The molecule has 0 radical (unpaired) electrons. The molecule has 0 aliphatic carbocycles. The topological polar surface area (TPSA) is 50.7 Å². The zero-order chi connectivity index (χ0) is 14.1. The molecule has 0 saturated heterocycles. The Balaban J connectivity index is 2.83. The van der Waals surface area contributed by atoms with Gasteiger partial charge in [0.2, 0.25) is 0 Å².